The number of para-hydroxylation sites is 1. The van der Waals surface area contributed by atoms with Crippen LogP contribution in [0.2, 0.25) is 0 Å². The first-order valence-corrected chi connectivity index (χ1v) is 7.59. The Morgan fingerprint density at radius 2 is 1.62 bits per heavy atom. The lowest BCUT2D eigenvalue weighted by molar-refractivity contribution is -0.137. The van der Waals surface area contributed by atoms with E-state index in [2.05, 4.69) is 10.3 Å². The molecule has 0 aliphatic heterocycles. The Balaban J connectivity index is 1.64. The van der Waals surface area contributed by atoms with Crippen LogP contribution in [-0.2, 0) is 6.18 Å². The number of benzene rings is 2. The third kappa shape index (κ3) is 4.38. The third-order valence-corrected chi connectivity index (χ3v) is 3.43. The van der Waals surface area contributed by atoms with E-state index >= 15 is 0 Å². The van der Waals surface area contributed by atoms with Gasteiger partial charge in [-0.25, -0.2) is 4.98 Å². The number of ether oxygens (including phenoxy) is 1. The van der Waals surface area contributed by atoms with Gasteiger partial charge in [-0.3, -0.25) is 4.79 Å². The van der Waals surface area contributed by atoms with E-state index in [1.165, 1.54) is 30.5 Å². The number of carbonyl (C=O) groups is 1. The average Bonchev–Trinajstić information content (AvgIpc) is 2.63. The van der Waals surface area contributed by atoms with Crippen molar-refractivity contribution < 1.29 is 22.7 Å². The predicted octanol–water partition coefficient (Wildman–Crippen LogP) is 5.15. The summed E-state index contributed by atoms with van der Waals surface area (Å²) in [6.07, 6.45) is -3.08. The van der Waals surface area contributed by atoms with Crippen LogP contribution in [-0.4, -0.2) is 10.9 Å². The maximum atomic E-state index is 12.5. The first kappa shape index (κ1) is 17.5. The van der Waals surface area contributed by atoms with Crippen LogP contribution in [0.3, 0.4) is 0 Å². The molecule has 1 aromatic heterocycles. The molecular formula is C19H13F3N2O2. The lowest BCUT2D eigenvalue weighted by Crippen LogP contribution is -2.12. The van der Waals surface area contributed by atoms with E-state index in [9.17, 15) is 18.0 Å². The molecule has 0 aliphatic rings. The van der Waals surface area contributed by atoms with Gasteiger partial charge in [0, 0.05) is 18.0 Å². The van der Waals surface area contributed by atoms with Gasteiger partial charge in [0.25, 0.3) is 5.91 Å². The molecule has 0 aliphatic carbocycles. The summed E-state index contributed by atoms with van der Waals surface area (Å²) in [5, 5.41) is 2.52. The Morgan fingerprint density at radius 1 is 0.923 bits per heavy atom. The number of carbonyl (C=O) groups excluding carboxylic acids is 1. The SMILES string of the molecule is O=C(Nc1ccc(C(F)(F)F)cc1)c1ccc(Oc2ccccc2)nc1. The molecule has 0 atom stereocenters. The van der Waals surface area contributed by atoms with Gasteiger partial charge in [-0.05, 0) is 42.5 Å². The number of pyridine rings is 1. The second kappa shape index (κ2) is 7.26. The highest BCUT2D eigenvalue weighted by molar-refractivity contribution is 6.04. The Morgan fingerprint density at radius 3 is 2.19 bits per heavy atom. The van der Waals surface area contributed by atoms with Gasteiger partial charge in [-0.1, -0.05) is 18.2 Å². The molecule has 0 bridgehead atoms. The lowest BCUT2D eigenvalue weighted by Gasteiger charge is -2.09. The molecule has 3 rings (SSSR count). The first-order chi connectivity index (χ1) is 12.4. The van der Waals surface area contributed by atoms with Crippen LogP contribution >= 0.6 is 0 Å². The molecule has 26 heavy (non-hydrogen) atoms. The Hall–Kier alpha value is -3.35. The number of rotatable bonds is 4. The van der Waals surface area contributed by atoms with Crippen LogP contribution in [0.15, 0.2) is 72.9 Å². The van der Waals surface area contributed by atoms with Crippen molar-refractivity contribution >= 4 is 11.6 Å². The molecule has 0 saturated heterocycles. The number of amides is 1. The molecule has 1 N–H and O–H groups in total. The number of hydrogen-bond donors (Lipinski definition) is 1. The van der Waals surface area contributed by atoms with Crippen LogP contribution in [0.25, 0.3) is 0 Å². The fourth-order valence-electron chi connectivity index (χ4n) is 2.13. The summed E-state index contributed by atoms with van der Waals surface area (Å²) in [6.45, 7) is 0. The zero-order valence-electron chi connectivity index (χ0n) is 13.3. The zero-order chi connectivity index (χ0) is 18.6. The number of anilines is 1. The average molecular weight is 358 g/mol. The highest BCUT2D eigenvalue weighted by Crippen LogP contribution is 2.29. The van der Waals surface area contributed by atoms with Gasteiger partial charge < -0.3 is 10.1 Å². The molecule has 0 radical (unpaired) electrons. The minimum Gasteiger partial charge on any atom is -0.439 e. The summed E-state index contributed by atoms with van der Waals surface area (Å²) >= 11 is 0. The molecule has 1 amide bonds. The van der Waals surface area contributed by atoms with Crippen molar-refractivity contribution in [2.75, 3.05) is 5.32 Å². The largest absolute Gasteiger partial charge is 0.439 e. The van der Waals surface area contributed by atoms with Crippen LogP contribution in [0.5, 0.6) is 11.6 Å². The van der Waals surface area contributed by atoms with Gasteiger partial charge in [-0.15, -0.1) is 0 Å². The molecule has 0 unspecified atom stereocenters. The van der Waals surface area contributed by atoms with Gasteiger partial charge in [0.1, 0.15) is 5.75 Å². The summed E-state index contributed by atoms with van der Waals surface area (Å²) in [7, 11) is 0. The summed E-state index contributed by atoms with van der Waals surface area (Å²) in [6, 6.07) is 16.3. The third-order valence-electron chi connectivity index (χ3n) is 3.43. The molecule has 7 heteroatoms. The van der Waals surface area contributed by atoms with E-state index in [4.69, 9.17) is 4.74 Å². The number of halogens is 3. The Labute approximate surface area is 147 Å². The maximum Gasteiger partial charge on any atom is 0.416 e. The fraction of sp³-hybridized carbons (Fsp3) is 0.0526. The van der Waals surface area contributed by atoms with Crippen LogP contribution in [0.4, 0.5) is 18.9 Å². The second-order valence-corrected chi connectivity index (χ2v) is 5.33. The fourth-order valence-corrected chi connectivity index (χ4v) is 2.13. The number of aromatic nitrogens is 1. The second-order valence-electron chi connectivity index (χ2n) is 5.33. The van der Waals surface area contributed by atoms with Crippen molar-refractivity contribution in [1.82, 2.24) is 4.98 Å². The lowest BCUT2D eigenvalue weighted by atomic mass is 10.2. The van der Waals surface area contributed by atoms with Crippen molar-refractivity contribution in [2.24, 2.45) is 0 Å². The van der Waals surface area contributed by atoms with Gasteiger partial charge in [-0.2, -0.15) is 13.2 Å². The molecule has 2 aromatic carbocycles. The molecule has 0 fully saturated rings. The van der Waals surface area contributed by atoms with Crippen LogP contribution < -0.4 is 10.1 Å². The number of nitrogens with one attached hydrogen (secondary N) is 1. The van der Waals surface area contributed by atoms with E-state index in [0.717, 1.165) is 12.1 Å². The first-order valence-electron chi connectivity index (χ1n) is 7.59. The van der Waals surface area contributed by atoms with Crippen molar-refractivity contribution in [3.05, 3.63) is 84.1 Å². The molecule has 1 heterocycles. The number of alkyl halides is 3. The van der Waals surface area contributed by atoms with E-state index in [1.54, 1.807) is 12.1 Å². The Bertz CT molecular complexity index is 877. The van der Waals surface area contributed by atoms with E-state index in [0.29, 0.717) is 11.6 Å². The van der Waals surface area contributed by atoms with Gasteiger partial charge >= 0.3 is 6.18 Å². The van der Waals surface area contributed by atoms with Gasteiger partial charge in [0.05, 0.1) is 11.1 Å². The summed E-state index contributed by atoms with van der Waals surface area (Å²) < 4.78 is 43.1. The quantitative estimate of drug-likeness (QED) is 0.702. The van der Waals surface area contributed by atoms with Crippen molar-refractivity contribution in [3.63, 3.8) is 0 Å². The van der Waals surface area contributed by atoms with E-state index < -0.39 is 17.6 Å². The summed E-state index contributed by atoms with van der Waals surface area (Å²) in [5.41, 5.74) is -0.266. The molecule has 3 aromatic rings. The van der Waals surface area contributed by atoms with E-state index in [-0.39, 0.29) is 11.3 Å². The van der Waals surface area contributed by atoms with Crippen LogP contribution in [0, 0.1) is 0 Å². The standard InChI is InChI=1S/C19H13F3N2O2/c20-19(21,22)14-7-9-15(10-8-14)24-18(25)13-6-11-17(23-12-13)26-16-4-2-1-3-5-16/h1-12H,(H,24,25). The minimum atomic E-state index is -4.42. The maximum absolute atomic E-state index is 12.5. The normalized spacial score (nSPS) is 11.0. The predicted molar refractivity (Wildman–Crippen MR) is 90.2 cm³/mol. The van der Waals surface area contributed by atoms with Crippen molar-refractivity contribution in [3.8, 4) is 11.6 Å². The van der Waals surface area contributed by atoms with Crippen LogP contribution in [0.1, 0.15) is 15.9 Å². The van der Waals surface area contributed by atoms with Crippen molar-refractivity contribution in [1.29, 1.82) is 0 Å². The molecule has 0 saturated carbocycles. The topological polar surface area (TPSA) is 51.2 Å². The summed E-state index contributed by atoms with van der Waals surface area (Å²) in [5.74, 6) is 0.452. The molecule has 0 spiro atoms. The zero-order valence-corrected chi connectivity index (χ0v) is 13.3. The monoisotopic (exact) mass is 358 g/mol. The summed E-state index contributed by atoms with van der Waals surface area (Å²) in [4.78, 5) is 16.2. The Kier molecular flexibility index (Phi) is 4.88. The molecule has 132 valence electrons. The highest BCUT2D eigenvalue weighted by atomic mass is 19.4. The van der Waals surface area contributed by atoms with Gasteiger partial charge in [0.15, 0.2) is 0 Å². The number of nitrogens with zero attached hydrogens (tertiary/aromatic N) is 1. The van der Waals surface area contributed by atoms with E-state index in [1.807, 2.05) is 18.2 Å². The smallest absolute Gasteiger partial charge is 0.416 e. The number of hydrogen-bond acceptors (Lipinski definition) is 3. The van der Waals surface area contributed by atoms with Gasteiger partial charge in [0.2, 0.25) is 5.88 Å². The molecular weight excluding hydrogens is 345 g/mol. The highest BCUT2D eigenvalue weighted by Gasteiger charge is 2.29. The molecule has 4 nitrogen and oxygen atoms in total. The minimum absolute atomic E-state index is 0.255. The van der Waals surface area contributed by atoms with Crippen molar-refractivity contribution in [2.45, 2.75) is 6.18 Å².